The first kappa shape index (κ1) is 18.7. The molecule has 1 aliphatic heterocycles. The maximum absolute atomic E-state index is 5.03. The molecule has 0 unspecified atom stereocenters. The van der Waals surface area contributed by atoms with Crippen molar-refractivity contribution in [2.75, 3.05) is 36.0 Å². The van der Waals surface area contributed by atoms with Crippen molar-refractivity contribution < 1.29 is 0 Å². The molecule has 0 aliphatic carbocycles. The van der Waals surface area contributed by atoms with E-state index in [1.807, 2.05) is 0 Å². The molecule has 1 fully saturated rings. The molecule has 1 aromatic heterocycles. The van der Waals surface area contributed by atoms with Crippen molar-refractivity contribution in [3.8, 4) is 0 Å². The molecule has 0 amide bonds. The second-order valence-corrected chi connectivity index (χ2v) is 8.05. The topological polar surface area (TPSA) is 24.3 Å². The van der Waals surface area contributed by atoms with Crippen LogP contribution in [-0.2, 0) is 13.0 Å². The van der Waals surface area contributed by atoms with Gasteiger partial charge < -0.3 is 14.4 Å². The third-order valence-electron chi connectivity index (χ3n) is 6.12. The van der Waals surface area contributed by atoms with Crippen LogP contribution in [0.1, 0.15) is 11.1 Å². The fourth-order valence-electron chi connectivity index (χ4n) is 4.48. The molecule has 1 saturated heterocycles. The van der Waals surface area contributed by atoms with Gasteiger partial charge >= 0.3 is 0 Å². The quantitative estimate of drug-likeness (QED) is 0.479. The predicted octanol–water partition coefficient (Wildman–Crippen LogP) is 4.91. The first-order chi connectivity index (χ1) is 14.8. The molecule has 3 aromatic carbocycles. The summed E-state index contributed by atoms with van der Waals surface area (Å²) in [5.74, 6) is 1.11. The van der Waals surface area contributed by atoms with E-state index in [4.69, 9.17) is 4.98 Å². The van der Waals surface area contributed by atoms with E-state index in [-0.39, 0.29) is 0 Å². The molecule has 0 saturated carbocycles. The van der Waals surface area contributed by atoms with Gasteiger partial charge in [-0.25, -0.2) is 4.98 Å². The van der Waals surface area contributed by atoms with Crippen molar-refractivity contribution >= 4 is 22.7 Å². The maximum atomic E-state index is 5.03. The highest BCUT2D eigenvalue weighted by atomic mass is 15.4. The predicted molar refractivity (Wildman–Crippen MR) is 125 cm³/mol. The molecule has 0 spiro atoms. The standard InChI is InChI=1S/C26H28N4/c1-21-9-5-7-13-24(21)28-17-19-29(20-18-28)26-27-23-12-6-8-14-25(23)30(26)16-15-22-10-3-2-4-11-22/h2-14H,15-20H2,1H3. The average molecular weight is 397 g/mol. The van der Waals surface area contributed by atoms with Gasteiger partial charge in [-0.2, -0.15) is 0 Å². The van der Waals surface area contributed by atoms with Crippen molar-refractivity contribution in [2.45, 2.75) is 19.9 Å². The number of para-hydroxylation sites is 3. The zero-order chi connectivity index (χ0) is 20.3. The number of aryl methyl sites for hydroxylation is 3. The van der Waals surface area contributed by atoms with Crippen LogP contribution >= 0.6 is 0 Å². The minimum Gasteiger partial charge on any atom is -0.368 e. The second kappa shape index (κ2) is 8.23. The Morgan fingerprint density at radius 2 is 1.40 bits per heavy atom. The zero-order valence-corrected chi connectivity index (χ0v) is 17.5. The van der Waals surface area contributed by atoms with Crippen LogP contribution in [0.15, 0.2) is 78.9 Å². The molecule has 4 aromatic rings. The lowest BCUT2D eigenvalue weighted by atomic mass is 10.1. The van der Waals surface area contributed by atoms with E-state index in [1.165, 1.54) is 22.3 Å². The van der Waals surface area contributed by atoms with E-state index in [9.17, 15) is 0 Å². The number of piperazine rings is 1. The van der Waals surface area contributed by atoms with Crippen LogP contribution in [-0.4, -0.2) is 35.7 Å². The molecule has 0 radical (unpaired) electrons. The number of anilines is 2. The van der Waals surface area contributed by atoms with E-state index >= 15 is 0 Å². The number of nitrogens with zero attached hydrogens (tertiary/aromatic N) is 4. The fourth-order valence-corrected chi connectivity index (χ4v) is 4.48. The number of fused-ring (bicyclic) bond motifs is 1. The van der Waals surface area contributed by atoms with Crippen molar-refractivity contribution in [3.63, 3.8) is 0 Å². The van der Waals surface area contributed by atoms with Gasteiger partial charge in [-0.15, -0.1) is 0 Å². The van der Waals surface area contributed by atoms with Gasteiger partial charge in [-0.1, -0.05) is 60.7 Å². The maximum Gasteiger partial charge on any atom is 0.206 e. The van der Waals surface area contributed by atoms with Crippen LogP contribution < -0.4 is 9.80 Å². The molecule has 152 valence electrons. The summed E-state index contributed by atoms with van der Waals surface area (Å²) >= 11 is 0. The summed E-state index contributed by atoms with van der Waals surface area (Å²) < 4.78 is 2.41. The van der Waals surface area contributed by atoms with Gasteiger partial charge in [0.2, 0.25) is 5.95 Å². The molecule has 30 heavy (non-hydrogen) atoms. The van der Waals surface area contributed by atoms with Crippen LogP contribution in [0.3, 0.4) is 0 Å². The van der Waals surface area contributed by atoms with Crippen LogP contribution in [0.5, 0.6) is 0 Å². The van der Waals surface area contributed by atoms with Crippen LogP contribution in [0, 0.1) is 6.92 Å². The van der Waals surface area contributed by atoms with Gasteiger partial charge in [0.1, 0.15) is 0 Å². The monoisotopic (exact) mass is 396 g/mol. The summed E-state index contributed by atoms with van der Waals surface area (Å²) in [5, 5.41) is 0. The lowest BCUT2D eigenvalue weighted by Gasteiger charge is -2.37. The minimum atomic E-state index is 0.942. The van der Waals surface area contributed by atoms with Crippen molar-refractivity contribution in [1.29, 1.82) is 0 Å². The van der Waals surface area contributed by atoms with E-state index < -0.39 is 0 Å². The molecule has 2 heterocycles. The Hall–Kier alpha value is -3.27. The van der Waals surface area contributed by atoms with Gasteiger partial charge in [0.25, 0.3) is 0 Å². The molecule has 0 N–H and O–H groups in total. The highest BCUT2D eigenvalue weighted by molar-refractivity contribution is 5.79. The van der Waals surface area contributed by atoms with E-state index in [0.29, 0.717) is 0 Å². The van der Waals surface area contributed by atoms with Crippen LogP contribution in [0.25, 0.3) is 11.0 Å². The summed E-state index contributed by atoms with van der Waals surface area (Å²) in [6.45, 7) is 7.16. The smallest absolute Gasteiger partial charge is 0.206 e. The number of hydrogen-bond donors (Lipinski definition) is 0. The lowest BCUT2D eigenvalue weighted by Crippen LogP contribution is -2.47. The normalized spacial score (nSPS) is 14.4. The Morgan fingerprint density at radius 3 is 2.20 bits per heavy atom. The Morgan fingerprint density at radius 1 is 0.733 bits per heavy atom. The summed E-state index contributed by atoms with van der Waals surface area (Å²) in [4.78, 5) is 10.00. The molecule has 4 heteroatoms. The fraction of sp³-hybridized carbons (Fsp3) is 0.269. The third kappa shape index (κ3) is 3.65. The molecule has 5 rings (SSSR count). The summed E-state index contributed by atoms with van der Waals surface area (Å²) in [6.07, 6.45) is 1.01. The lowest BCUT2D eigenvalue weighted by molar-refractivity contribution is 0.612. The average Bonchev–Trinajstić information content (AvgIpc) is 3.17. The Kier molecular flexibility index (Phi) is 5.14. The van der Waals surface area contributed by atoms with Gasteiger partial charge in [0.15, 0.2) is 0 Å². The Bertz CT molecular complexity index is 1120. The van der Waals surface area contributed by atoms with E-state index in [0.717, 1.165) is 50.6 Å². The Balaban J connectivity index is 1.38. The van der Waals surface area contributed by atoms with Gasteiger partial charge in [0.05, 0.1) is 11.0 Å². The zero-order valence-electron chi connectivity index (χ0n) is 17.5. The molecule has 1 aliphatic rings. The summed E-state index contributed by atoms with van der Waals surface area (Å²) in [7, 11) is 0. The van der Waals surface area contributed by atoms with Crippen molar-refractivity contribution in [1.82, 2.24) is 9.55 Å². The van der Waals surface area contributed by atoms with Gasteiger partial charge in [-0.05, 0) is 42.7 Å². The second-order valence-electron chi connectivity index (χ2n) is 8.05. The first-order valence-corrected chi connectivity index (χ1v) is 10.8. The van der Waals surface area contributed by atoms with Gasteiger partial charge in [0, 0.05) is 38.4 Å². The third-order valence-corrected chi connectivity index (χ3v) is 6.12. The number of aromatic nitrogens is 2. The van der Waals surface area contributed by atoms with Gasteiger partial charge in [-0.3, -0.25) is 0 Å². The van der Waals surface area contributed by atoms with Crippen molar-refractivity contribution in [3.05, 3.63) is 90.0 Å². The van der Waals surface area contributed by atoms with E-state index in [2.05, 4.69) is 100 Å². The van der Waals surface area contributed by atoms with Crippen molar-refractivity contribution in [2.24, 2.45) is 0 Å². The highest BCUT2D eigenvalue weighted by Gasteiger charge is 2.23. The minimum absolute atomic E-state index is 0.942. The SMILES string of the molecule is Cc1ccccc1N1CCN(c2nc3ccccc3n2CCc2ccccc2)CC1. The molecule has 0 atom stereocenters. The molecular formula is C26H28N4. The summed E-state index contributed by atoms with van der Waals surface area (Å²) in [6, 6.07) is 27.9. The number of imidazole rings is 1. The first-order valence-electron chi connectivity index (χ1n) is 10.8. The number of benzene rings is 3. The number of hydrogen-bond acceptors (Lipinski definition) is 3. The van der Waals surface area contributed by atoms with Crippen LogP contribution in [0.2, 0.25) is 0 Å². The summed E-state index contributed by atoms with van der Waals surface area (Å²) in [5.41, 5.74) is 6.38. The molecular weight excluding hydrogens is 368 g/mol. The largest absolute Gasteiger partial charge is 0.368 e. The Labute approximate surface area is 178 Å². The molecule has 0 bridgehead atoms. The van der Waals surface area contributed by atoms with E-state index in [1.54, 1.807) is 0 Å². The number of rotatable bonds is 5. The molecule has 4 nitrogen and oxygen atoms in total. The highest BCUT2D eigenvalue weighted by Crippen LogP contribution is 2.26. The van der Waals surface area contributed by atoms with Crippen LogP contribution in [0.4, 0.5) is 11.6 Å².